The van der Waals surface area contributed by atoms with Gasteiger partial charge >= 0.3 is 0 Å². The van der Waals surface area contributed by atoms with Gasteiger partial charge in [-0.2, -0.15) is 0 Å². The molecule has 3 heterocycles. The lowest BCUT2D eigenvalue weighted by Crippen LogP contribution is -2.44. The molecule has 0 spiro atoms. The lowest BCUT2D eigenvalue weighted by Gasteiger charge is -2.40. The van der Waals surface area contributed by atoms with Gasteiger partial charge < -0.3 is 38.1 Å². The molecule has 0 amide bonds. The molecule has 1 fully saturated rings. The van der Waals surface area contributed by atoms with Crippen molar-refractivity contribution in [3.05, 3.63) is 96.6 Å². The molecule has 53 heavy (non-hydrogen) atoms. The number of pyridine rings is 2. The zero-order valence-electron chi connectivity index (χ0n) is 31.5. The summed E-state index contributed by atoms with van der Waals surface area (Å²) >= 11 is 0. The second-order valence-electron chi connectivity index (χ2n) is 12.8. The minimum atomic E-state index is 0.312. The molecule has 0 saturated carbocycles. The van der Waals surface area contributed by atoms with E-state index in [0.717, 1.165) is 77.3 Å². The van der Waals surface area contributed by atoms with Crippen molar-refractivity contribution in [2.24, 2.45) is 0 Å². The molecule has 0 N–H and O–H groups in total. The molecule has 0 radical (unpaired) electrons. The van der Waals surface area contributed by atoms with E-state index in [0.29, 0.717) is 47.1 Å². The van der Waals surface area contributed by atoms with Gasteiger partial charge in [0.1, 0.15) is 5.75 Å². The molecule has 6 rings (SSSR count). The van der Waals surface area contributed by atoms with Gasteiger partial charge in [0.05, 0.1) is 49.8 Å². The summed E-state index contributed by atoms with van der Waals surface area (Å²) in [5.41, 5.74) is 7.19. The normalized spacial score (nSPS) is 13.3. The Morgan fingerprint density at radius 1 is 0.566 bits per heavy atom. The van der Waals surface area contributed by atoms with E-state index in [-0.39, 0.29) is 0 Å². The largest absolute Gasteiger partial charge is 0.497 e. The van der Waals surface area contributed by atoms with Gasteiger partial charge in [-0.3, -0.25) is 14.9 Å². The number of benzene rings is 3. The van der Waals surface area contributed by atoms with Crippen molar-refractivity contribution in [3.8, 4) is 62.5 Å². The van der Waals surface area contributed by atoms with Crippen LogP contribution in [0.3, 0.4) is 0 Å². The van der Waals surface area contributed by atoms with Crippen LogP contribution >= 0.6 is 0 Å². The summed E-state index contributed by atoms with van der Waals surface area (Å²) < 4.78 is 39.1. The monoisotopic (exact) mass is 720 g/mol. The standard InChI is InChI=1S/C42H48N4O7/c1-47-36-10-8-9-35(21-36)46(27-29-16-33(25-44-23-29)31-19-39(50-4)42(53-7)40(20-31)51-5)34-11-13-45(14-12-34)26-28-15-32(24-43-22-28)30-17-37(48-2)41(52-6)38(18-30)49-3/h8-10,15-25,34H,11-14,26-27H2,1-7H3. The Morgan fingerprint density at radius 2 is 1.08 bits per heavy atom. The van der Waals surface area contributed by atoms with Crippen molar-refractivity contribution in [1.82, 2.24) is 14.9 Å². The molecule has 11 nitrogen and oxygen atoms in total. The molecule has 11 heteroatoms. The number of ether oxygens (including phenoxy) is 7. The summed E-state index contributed by atoms with van der Waals surface area (Å²) in [6.45, 7) is 3.38. The maximum absolute atomic E-state index is 5.64. The van der Waals surface area contributed by atoms with Gasteiger partial charge in [-0.25, -0.2) is 0 Å². The Balaban J connectivity index is 1.20. The Morgan fingerprint density at radius 3 is 1.57 bits per heavy atom. The fourth-order valence-corrected chi connectivity index (χ4v) is 7.02. The van der Waals surface area contributed by atoms with E-state index < -0.39 is 0 Å². The first-order valence-electron chi connectivity index (χ1n) is 17.5. The topological polar surface area (TPSA) is 96.9 Å². The number of hydrogen-bond acceptors (Lipinski definition) is 11. The van der Waals surface area contributed by atoms with Gasteiger partial charge in [0.25, 0.3) is 0 Å². The molecule has 0 aliphatic carbocycles. The van der Waals surface area contributed by atoms with E-state index in [4.69, 9.17) is 33.2 Å². The summed E-state index contributed by atoms with van der Waals surface area (Å²) in [5, 5.41) is 0. The van der Waals surface area contributed by atoms with E-state index >= 15 is 0 Å². The van der Waals surface area contributed by atoms with E-state index in [1.54, 1.807) is 49.8 Å². The number of methoxy groups -OCH3 is 7. The Labute approximate surface area is 312 Å². The summed E-state index contributed by atoms with van der Waals surface area (Å²) in [6, 6.07) is 20.8. The van der Waals surface area contributed by atoms with Crippen LogP contribution in [0.4, 0.5) is 5.69 Å². The summed E-state index contributed by atoms with van der Waals surface area (Å²) in [6.07, 6.45) is 9.62. The lowest BCUT2D eigenvalue weighted by atomic mass is 9.99. The number of hydrogen-bond donors (Lipinski definition) is 0. The molecule has 278 valence electrons. The van der Waals surface area contributed by atoms with E-state index in [1.165, 1.54) is 0 Å². The number of anilines is 1. The minimum absolute atomic E-state index is 0.312. The number of piperidine rings is 1. The minimum Gasteiger partial charge on any atom is -0.497 e. The quantitative estimate of drug-likeness (QED) is 0.107. The summed E-state index contributed by atoms with van der Waals surface area (Å²) in [4.78, 5) is 14.2. The number of likely N-dealkylation sites (tertiary alicyclic amines) is 1. The lowest BCUT2D eigenvalue weighted by molar-refractivity contribution is 0.200. The van der Waals surface area contributed by atoms with Crippen molar-refractivity contribution in [1.29, 1.82) is 0 Å². The maximum atomic E-state index is 5.64. The smallest absolute Gasteiger partial charge is 0.203 e. The molecule has 0 bridgehead atoms. The van der Waals surface area contributed by atoms with Crippen molar-refractivity contribution >= 4 is 5.69 Å². The van der Waals surface area contributed by atoms with Crippen LogP contribution < -0.4 is 38.1 Å². The number of rotatable bonds is 15. The maximum Gasteiger partial charge on any atom is 0.203 e. The third-order valence-corrected chi connectivity index (χ3v) is 9.73. The molecule has 1 aliphatic heterocycles. The van der Waals surface area contributed by atoms with Crippen molar-refractivity contribution in [2.45, 2.75) is 32.0 Å². The van der Waals surface area contributed by atoms with Gasteiger partial charge in [0.2, 0.25) is 11.5 Å². The van der Waals surface area contributed by atoms with Gasteiger partial charge in [-0.15, -0.1) is 0 Å². The number of nitrogens with zero attached hydrogens (tertiary/aromatic N) is 4. The zero-order chi connectivity index (χ0) is 37.3. The van der Waals surface area contributed by atoms with Crippen LogP contribution in [0.25, 0.3) is 22.3 Å². The zero-order valence-corrected chi connectivity index (χ0v) is 31.5. The highest BCUT2D eigenvalue weighted by atomic mass is 16.5. The Hall–Kier alpha value is -5.68. The molecule has 1 saturated heterocycles. The fourth-order valence-electron chi connectivity index (χ4n) is 7.02. The third-order valence-electron chi connectivity index (χ3n) is 9.73. The van der Waals surface area contributed by atoms with Gasteiger partial charge in [0.15, 0.2) is 23.0 Å². The Kier molecular flexibility index (Phi) is 12.1. The van der Waals surface area contributed by atoms with E-state index in [9.17, 15) is 0 Å². The summed E-state index contributed by atoms with van der Waals surface area (Å²) in [7, 11) is 11.4. The Bertz CT molecular complexity index is 1950. The highest BCUT2D eigenvalue weighted by Gasteiger charge is 2.26. The second-order valence-corrected chi connectivity index (χ2v) is 12.8. The first-order chi connectivity index (χ1) is 25.9. The van der Waals surface area contributed by atoms with Crippen LogP contribution in [-0.4, -0.2) is 83.8 Å². The fraction of sp³-hybridized carbons (Fsp3) is 0.333. The molecule has 2 aromatic heterocycles. The van der Waals surface area contributed by atoms with Crippen molar-refractivity contribution < 1.29 is 33.2 Å². The average Bonchev–Trinajstić information content (AvgIpc) is 3.22. The third kappa shape index (κ3) is 8.36. The first-order valence-corrected chi connectivity index (χ1v) is 17.5. The van der Waals surface area contributed by atoms with Gasteiger partial charge in [-0.05, 0) is 83.6 Å². The van der Waals surface area contributed by atoms with Crippen LogP contribution in [0.1, 0.15) is 24.0 Å². The van der Waals surface area contributed by atoms with Gasteiger partial charge in [-0.1, -0.05) is 6.07 Å². The predicted octanol–water partition coefficient (Wildman–Crippen LogP) is 7.54. The van der Waals surface area contributed by atoms with Crippen LogP contribution in [0.15, 0.2) is 85.5 Å². The number of aromatic nitrogens is 2. The second kappa shape index (κ2) is 17.2. The van der Waals surface area contributed by atoms with Gasteiger partial charge in [0, 0.05) is 79.9 Å². The van der Waals surface area contributed by atoms with Crippen LogP contribution in [0, 0.1) is 0 Å². The molecular weight excluding hydrogens is 672 g/mol. The van der Waals surface area contributed by atoms with Crippen LogP contribution in [0.2, 0.25) is 0 Å². The molecule has 0 atom stereocenters. The molecule has 5 aromatic rings. The predicted molar refractivity (Wildman–Crippen MR) is 206 cm³/mol. The average molecular weight is 721 g/mol. The first kappa shape index (κ1) is 37.1. The summed E-state index contributed by atoms with van der Waals surface area (Å²) in [5.74, 6) is 4.37. The highest BCUT2D eigenvalue weighted by molar-refractivity contribution is 5.72. The molecular formula is C42H48N4O7. The molecule has 0 unspecified atom stereocenters. The molecule has 1 aliphatic rings. The van der Waals surface area contributed by atoms with E-state index in [1.807, 2.05) is 55.1 Å². The highest BCUT2D eigenvalue weighted by Crippen LogP contribution is 2.42. The van der Waals surface area contributed by atoms with Crippen molar-refractivity contribution in [2.75, 3.05) is 67.8 Å². The van der Waals surface area contributed by atoms with Crippen molar-refractivity contribution in [3.63, 3.8) is 0 Å². The SMILES string of the molecule is COc1cccc(N(Cc2cncc(-c3cc(OC)c(OC)c(OC)c3)c2)C2CCN(Cc3cncc(-c4cc(OC)c(OC)c(OC)c4)c3)CC2)c1. The van der Waals surface area contributed by atoms with Crippen LogP contribution in [-0.2, 0) is 13.1 Å². The molecule has 3 aromatic carbocycles. The van der Waals surface area contributed by atoms with Crippen LogP contribution in [0.5, 0.6) is 40.2 Å². The van der Waals surface area contributed by atoms with E-state index in [2.05, 4.69) is 50.1 Å².